The molecule has 4 aliphatic heterocycles. The van der Waals surface area contributed by atoms with Gasteiger partial charge in [-0.25, -0.2) is 9.48 Å². The third-order valence-corrected chi connectivity index (χ3v) is 11.4. The van der Waals surface area contributed by atoms with Crippen molar-refractivity contribution in [2.75, 3.05) is 26.2 Å². The van der Waals surface area contributed by atoms with Gasteiger partial charge in [-0.1, -0.05) is 6.92 Å². The highest BCUT2D eigenvalue weighted by Crippen LogP contribution is 2.52. The topological polar surface area (TPSA) is 229 Å². The first-order chi connectivity index (χ1) is 20.5. The van der Waals surface area contributed by atoms with E-state index in [4.69, 9.17) is 5.73 Å². The van der Waals surface area contributed by atoms with Crippen molar-refractivity contribution in [2.24, 2.45) is 28.9 Å². The average molecular weight is 620 g/mol. The number of aliphatic carboxylic acids is 1. The summed E-state index contributed by atoms with van der Waals surface area (Å²) in [6.07, 6.45) is 1.46. The van der Waals surface area contributed by atoms with Crippen LogP contribution in [0.1, 0.15) is 26.7 Å². The lowest BCUT2D eigenvalue weighted by molar-refractivity contribution is -0.158. The van der Waals surface area contributed by atoms with Crippen LogP contribution in [0.5, 0.6) is 0 Å². The molecule has 1 aromatic heterocycles. The molecule has 17 heteroatoms. The van der Waals surface area contributed by atoms with Gasteiger partial charge in [0.2, 0.25) is 17.7 Å². The Bertz CT molecular complexity index is 1340. The third-order valence-electron chi connectivity index (χ3n) is 9.93. The number of rotatable bonds is 9. The minimum atomic E-state index is -1.19. The van der Waals surface area contributed by atoms with Crippen molar-refractivity contribution >= 4 is 35.5 Å². The van der Waals surface area contributed by atoms with Crippen molar-refractivity contribution in [1.29, 1.82) is 0 Å². The van der Waals surface area contributed by atoms with E-state index in [0.29, 0.717) is 37.4 Å². The number of carbonyl (C=O) groups is 4. The van der Waals surface area contributed by atoms with Crippen LogP contribution in [0.2, 0.25) is 0 Å². The van der Waals surface area contributed by atoms with E-state index < -0.39 is 47.6 Å². The number of carboxylic acids is 1. The maximum atomic E-state index is 13.5. The zero-order valence-corrected chi connectivity index (χ0v) is 24.7. The predicted molar refractivity (Wildman–Crippen MR) is 149 cm³/mol. The summed E-state index contributed by atoms with van der Waals surface area (Å²) in [5.41, 5.74) is 5.41. The second kappa shape index (κ2) is 11.1. The maximum absolute atomic E-state index is 13.5. The molecule has 4 fully saturated rings. The number of nitrogens with one attached hydrogen (secondary N) is 2. The molecule has 5 aliphatic rings. The van der Waals surface area contributed by atoms with Crippen molar-refractivity contribution in [3.05, 3.63) is 16.9 Å². The smallest absolute Gasteiger partial charge is 0.353 e. The van der Waals surface area contributed by atoms with Crippen LogP contribution in [-0.4, -0.2) is 131 Å². The molecule has 0 bridgehead atoms. The monoisotopic (exact) mass is 619 g/mol. The van der Waals surface area contributed by atoms with Crippen LogP contribution in [0.15, 0.2) is 16.9 Å². The molecule has 7 N–H and O–H groups in total. The molecule has 43 heavy (non-hydrogen) atoms. The first kappa shape index (κ1) is 29.9. The lowest BCUT2D eigenvalue weighted by Gasteiger charge is -2.47. The van der Waals surface area contributed by atoms with Gasteiger partial charge >= 0.3 is 5.97 Å². The normalized spacial score (nSPS) is 37.4. The van der Waals surface area contributed by atoms with Crippen LogP contribution in [0.3, 0.4) is 0 Å². The summed E-state index contributed by atoms with van der Waals surface area (Å²) in [4.78, 5) is 55.2. The Balaban J connectivity index is 1.09. The Kier molecular flexibility index (Phi) is 7.73. The van der Waals surface area contributed by atoms with Crippen molar-refractivity contribution < 1.29 is 34.5 Å². The lowest BCUT2D eigenvalue weighted by Crippen LogP contribution is -2.66. The van der Waals surface area contributed by atoms with Gasteiger partial charge in [-0.3, -0.25) is 14.4 Å². The van der Waals surface area contributed by atoms with E-state index in [1.165, 1.54) is 27.7 Å². The molecule has 6 rings (SSSR count). The van der Waals surface area contributed by atoms with Gasteiger partial charge in [-0.15, -0.1) is 16.9 Å². The molecule has 1 saturated carbocycles. The number of nitrogens with zero attached hydrogens (tertiary/aromatic N) is 6. The number of amides is 3. The van der Waals surface area contributed by atoms with Crippen molar-refractivity contribution in [1.82, 2.24) is 40.6 Å². The fourth-order valence-corrected chi connectivity index (χ4v) is 9.31. The SMILES string of the molecule is CC(NC(=O)Cn1cnnn1)[C@H]1C(=O)N2C(C(=O)O)=C(S[C@@H]3CN[C@H](C(=O)N4CC5[C@H](O)[C@H](N)C[C@@]5(CO)C4)C3)[C@H](C)[C@H]12. The average Bonchev–Trinajstić information content (AvgIpc) is 3.77. The summed E-state index contributed by atoms with van der Waals surface area (Å²) in [5.74, 6) is -3.15. The molecular weight excluding hydrogens is 582 g/mol. The van der Waals surface area contributed by atoms with Gasteiger partial charge in [0, 0.05) is 59.1 Å². The number of aliphatic hydroxyl groups is 2. The number of carboxylic acid groups (broad SMARTS) is 1. The number of nitrogens with two attached hydrogens (primary N) is 1. The summed E-state index contributed by atoms with van der Waals surface area (Å²) >= 11 is 1.39. The van der Waals surface area contributed by atoms with Gasteiger partial charge in [-0.2, -0.15) is 0 Å². The van der Waals surface area contributed by atoms with Crippen molar-refractivity contribution in [3.63, 3.8) is 0 Å². The molecule has 1 aromatic rings. The number of tetrazole rings is 1. The van der Waals surface area contributed by atoms with Crippen molar-refractivity contribution in [2.45, 2.75) is 68.8 Å². The summed E-state index contributed by atoms with van der Waals surface area (Å²) in [6.45, 7) is 4.52. The maximum Gasteiger partial charge on any atom is 0.353 e. The number of hydrogen-bond acceptors (Lipinski definition) is 12. The Morgan fingerprint density at radius 1 is 1.35 bits per heavy atom. The third kappa shape index (κ3) is 4.90. The molecule has 1 aliphatic carbocycles. The van der Waals surface area contributed by atoms with Crippen LogP contribution < -0.4 is 16.4 Å². The molecule has 16 nitrogen and oxygen atoms in total. The lowest BCUT2D eigenvalue weighted by atomic mass is 9.78. The molecule has 0 radical (unpaired) electrons. The highest BCUT2D eigenvalue weighted by Gasteiger charge is 2.61. The highest BCUT2D eigenvalue weighted by atomic mass is 32.2. The fraction of sp³-hybridized carbons (Fsp3) is 0.731. The second-order valence-corrected chi connectivity index (χ2v) is 13.9. The molecule has 10 atom stereocenters. The largest absolute Gasteiger partial charge is 0.477 e. The molecule has 3 saturated heterocycles. The summed E-state index contributed by atoms with van der Waals surface area (Å²) < 4.78 is 1.26. The van der Waals surface area contributed by atoms with E-state index in [0.717, 1.165) is 0 Å². The van der Waals surface area contributed by atoms with E-state index in [-0.39, 0.29) is 53.7 Å². The van der Waals surface area contributed by atoms with E-state index in [2.05, 4.69) is 26.2 Å². The zero-order chi connectivity index (χ0) is 30.8. The van der Waals surface area contributed by atoms with E-state index in [9.17, 15) is 34.5 Å². The van der Waals surface area contributed by atoms with Crippen molar-refractivity contribution in [3.8, 4) is 0 Å². The van der Waals surface area contributed by atoms with Gasteiger partial charge in [0.15, 0.2) is 0 Å². The second-order valence-electron chi connectivity index (χ2n) is 12.5. The number of carbonyl (C=O) groups excluding carboxylic acids is 3. The number of aliphatic hydroxyl groups excluding tert-OH is 2. The number of aromatic nitrogens is 4. The fourth-order valence-electron chi connectivity index (χ4n) is 7.83. The zero-order valence-electron chi connectivity index (χ0n) is 23.9. The number of fused-ring (bicyclic) bond motifs is 2. The van der Waals surface area contributed by atoms with Gasteiger partial charge < -0.3 is 41.5 Å². The molecule has 3 amide bonds. The molecule has 2 unspecified atom stereocenters. The number of β-lactam (4-membered cyclic amide) rings is 1. The van der Waals surface area contributed by atoms with Gasteiger partial charge in [-0.05, 0) is 30.2 Å². The first-order valence-corrected chi connectivity index (χ1v) is 15.4. The Morgan fingerprint density at radius 3 is 2.77 bits per heavy atom. The first-order valence-electron chi connectivity index (χ1n) is 14.5. The molecule has 5 heterocycles. The number of thioether (sulfide) groups is 1. The summed E-state index contributed by atoms with van der Waals surface area (Å²) in [6, 6.07) is -1.85. The summed E-state index contributed by atoms with van der Waals surface area (Å²) in [7, 11) is 0. The Hall–Kier alpha value is -3.12. The minimum Gasteiger partial charge on any atom is -0.477 e. The van der Waals surface area contributed by atoms with E-state index in [1.54, 1.807) is 11.8 Å². The van der Waals surface area contributed by atoms with Crippen LogP contribution in [0.4, 0.5) is 0 Å². The van der Waals surface area contributed by atoms with Crippen LogP contribution in [-0.2, 0) is 25.7 Å². The van der Waals surface area contributed by atoms with Crippen LogP contribution in [0.25, 0.3) is 0 Å². The molecule has 234 valence electrons. The van der Waals surface area contributed by atoms with Gasteiger partial charge in [0.1, 0.15) is 18.6 Å². The Morgan fingerprint density at radius 2 is 2.12 bits per heavy atom. The van der Waals surface area contributed by atoms with E-state index >= 15 is 0 Å². The minimum absolute atomic E-state index is 0.0340. The van der Waals surface area contributed by atoms with Crippen LogP contribution >= 0.6 is 11.8 Å². The van der Waals surface area contributed by atoms with Gasteiger partial charge in [0.25, 0.3) is 0 Å². The number of hydrogen-bond donors (Lipinski definition) is 6. The Labute approximate surface area is 251 Å². The number of likely N-dealkylation sites (tertiary alicyclic amines) is 1. The van der Waals surface area contributed by atoms with Crippen LogP contribution in [0, 0.1) is 23.2 Å². The highest BCUT2D eigenvalue weighted by molar-refractivity contribution is 8.03. The molecule has 0 aromatic carbocycles. The molecular formula is C26H37N9O7S. The predicted octanol–water partition coefficient (Wildman–Crippen LogP) is -3.06. The quantitative estimate of drug-likeness (QED) is 0.151. The van der Waals surface area contributed by atoms with Gasteiger partial charge in [0.05, 0.1) is 30.7 Å². The molecule has 0 spiro atoms. The summed E-state index contributed by atoms with van der Waals surface area (Å²) in [5, 5.41) is 47.4. The standard InChI is InChI=1S/C26H37N9O7S/c1-11-19-18(12(2)30-17(37)7-34-10-29-31-32-34)24(40)35(19)20(25(41)42)22(11)43-13-3-16(28-5-13)23(39)33-6-14-21(38)15(27)4-26(14,8-33)9-36/h10-16,18-19,21,28,36,38H,3-9,27H2,1-2H3,(H,30,37)(H,41,42)/t11-,12?,13+,14?,15-,16+,18-,19-,21+,26+/m1/s1. The van der Waals surface area contributed by atoms with E-state index in [1.807, 2.05) is 6.92 Å².